The first-order chi connectivity index (χ1) is 9.36. The Morgan fingerprint density at radius 2 is 1.95 bits per heavy atom. The van der Waals surface area contributed by atoms with Gasteiger partial charge in [-0.25, -0.2) is 0 Å². The molecule has 3 heteroatoms. The second-order valence-corrected chi connectivity index (χ2v) is 8.26. The molecule has 1 saturated carbocycles. The first-order valence-corrected chi connectivity index (χ1v) is 8.51. The quantitative estimate of drug-likeness (QED) is 0.845. The predicted molar refractivity (Wildman–Crippen MR) is 82.6 cm³/mol. The van der Waals surface area contributed by atoms with Crippen molar-refractivity contribution in [1.29, 1.82) is 0 Å². The predicted octanol–water partition coefficient (Wildman–Crippen LogP) is 2.64. The van der Waals surface area contributed by atoms with Crippen LogP contribution in [0.4, 0.5) is 0 Å². The van der Waals surface area contributed by atoms with Crippen molar-refractivity contribution in [3.05, 3.63) is 0 Å². The fraction of sp³-hybridized carbons (Fsp3) is 1.00. The van der Waals surface area contributed by atoms with E-state index in [2.05, 4.69) is 32.6 Å². The maximum atomic E-state index is 6.95. The Bertz CT molecular complexity index is 370. The summed E-state index contributed by atoms with van der Waals surface area (Å²) >= 11 is 0. The smallest absolute Gasteiger partial charge is 0.0690 e. The number of piperidine rings is 1. The number of ether oxygens (including phenoxy) is 1. The number of nitrogens with zero attached hydrogens (tertiary/aromatic N) is 1. The summed E-state index contributed by atoms with van der Waals surface area (Å²) in [6, 6.07) is 0.686. The second kappa shape index (κ2) is 4.96. The van der Waals surface area contributed by atoms with Crippen LogP contribution in [0.5, 0.6) is 0 Å². The molecule has 0 spiro atoms. The number of hydrogen-bond acceptors (Lipinski definition) is 3. The Hall–Kier alpha value is -0.120. The van der Waals surface area contributed by atoms with E-state index >= 15 is 0 Å². The lowest BCUT2D eigenvalue weighted by atomic mass is 9.46. The van der Waals surface area contributed by atoms with Crippen molar-refractivity contribution in [1.82, 2.24) is 4.90 Å². The van der Waals surface area contributed by atoms with Gasteiger partial charge in [-0.2, -0.15) is 0 Å². The van der Waals surface area contributed by atoms with Crippen LogP contribution in [0.2, 0.25) is 0 Å². The Morgan fingerprint density at radius 3 is 2.70 bits per heavy atom. The molecule has 3 fully saturated rings. The van der Waals surface area contributed by atoms with Crippen molar-refractivity contribution in [3.8, 4) is 0 Å². The Labute approximate surface area is 124 Å². The molecule has 116 valence electrons. The average Bonchev–Trinajstić information content (AvgIpc) is 2.43. The third-order valence-corrected chi connectivity index (χ3v) is 6.61. The first kappa shape index (κ1) is 14.8. The molecule has 2 heterocycles. The van der Waals surface area contributed by atoms with Crippen molar-refractivity contribution >= 4 is 0 Å². The molecule has 3 nitrogen and oxygen atoms in total. The normalized spacial score (nSPS) is 48.5. The van der Waals surface area contributed by atoms with Gasteiger partial charge in [-0.3, -0.25) is 4.90 Å². The van der Waals surface area contributed by atoms with Crippen molar-refractivity contribution in [2.24, 2.45) is 23.0 Å². The van der Waals surface area contributed by atoms with E-state index in [9.17, 15) is 0 Å². The van der Waals surface area contributed by atoms with E-state index in [4.69, 9.17) is 10.5 Å². The molecule has 0 radical (unpaired) electrons. The van der Waals surface area contributed by atoms with E-state index in [0.717, 1.165) is 19.1 Å². The van der Waals surface area contributed by atoms with E-state index in [1.54, 1.807) is 0 Å². The third kappa shape index (κ3) is 2.05. The van der Waals surface area contributed by atoms with Crippen LogP contribution < -0.4 is 5.73 Å². The Morgan fingerprint density at radius 1 is 1.20 bits per heavy atom. The highest BCUT2D eigenvalue weighted by Crippen LogP contribution is 2.57. The molecule has 5 unspecified atom stereocenters. The van der Waals surface area contributed by atoms with Crippen molar-refractivity contribution in [3.63, 3.8) is 0 Å². The molecule has 3 aliphatic rings. The zero-order valence-corrected chi connectivity index (χ0v) is 13.7. The van der Waals surface area contributed by atoms with Crippen LogP contribution in [-0.2, 0) is 4.74 Å². The van der Waals surface area contributed by atoms with Crippen molar-refractivity contribution < 1.29 is 4.74 Å². The summed E-state index contributed by atoms with van der Waals surface area (Å²) in [5.41, 5.74) is 7.00. The van der Waals surface area contributed by atoms with Gasteiger partial charge in [0.25, 0.3) is 0 Å². The zero-order chi connectivity index (χ0) is 14.5. The number of nitrogens with two attached hydrogens (primary N) is 1. The highest BCUT2D eigenvalue weighted by molar-refractivity contribution is 5.21. The van der Waals surface area contributed by atoms with Gasteiger partial charge in [0, 0.05) is 42.6 Å². The molecule has 0 bridgehead atoms. The van der Waals surface area contributed by atoms with Crippen LogP contribution in [0.15, 0.2) is 0 Å². The molecule has 2 N–H and O–H groups in total. The van der Waals surface area contributed by atoms with Crippen LogP contribution in [-0.4, -0.2) is 42.3 Å². The number of rotatable bonds is 2. The van der Waals surface area contributed by atoms with E-state index in [0.29, 0.717) is 18.1 Å². The summed E-state index contributed by atoms with van der Waals surface area (Å²) in [6.45, 7) is 12.6. The number of hydrogen-bond donors (Lipinski definition) is 1. The molecule has 0 aromatic rings. The second-order valence-electron chi connectivity index (χ2n) is 8.26. The SMILES string of the molecule is CC1CCC(C)N(CC2(N)C3CCCOC3C2(C)C)C1. The van der Waals surface area contributed by atoms with Gasteiger partial charge in [-0.05, 0) is 38.5 Å². The molecule has 5 atom stereocenters. The van der Waals surface area contributed by atoms with Gasteiger partial charge in [0.05, 0.1) is 6.10 Å². The summed E-state index contributed by atoms with van der Waals surface area (Å²) < 4.78 is 6.03. The summed E-state index contributed by atoms with van der Waals surface area (Å²) in [4.78, 5) is 2.65. The minimum Gasteiger partial charge on any atom is -0.377 e. The lowest BCUT2D eigenvalue weighted by molar-refractivity contribution is -0.234. The van der Waals surface area contributed by atoms with Crippen LogP contribution in [0.3, 0.4) is 0 Å². The molecular weight excluding hydrogens is 248 g/mol. The molecule has 1 aliphatic carbocycles. The molecule has 2 aliphatic heterocycles. The van der Waals surface area contributed by atoms with Gasteiger partial charge in [0.15, 0.2) is 0 Å². The molecule has 0 amide bonds. The molecular formula is C17H32N2O. The van der Waals surface area contributed by atoms with Gasteiger partial charge >= 0.3 is 0 Å². The standard InChI is InChI=1S/C17H32N2O/c1-12-7-8-13(2)19(10-12)11-17(18)14-6-5-9-20-15(14)16(17,3)4/h12-15H,5-11,18H2,1-4H3. The van der Waals surface area contributed by atoms with Gasteiger partial charge < -0.3 is 10.5 Å². The third-order valence-electron chi connectivity index (χ3n) is 6.61. The largest absolute Gasteiger partial charge is 0.377 e. The van der Waals surface area contributed by atoms with Gasteiger partial charge in [-0.15, -0.1) is 0 Å². The number of fused-ring (bicyclic) bond motifs is 1. The topological polar surface area (TPSA) is 38.5 Å². The minimum absolute atomic E-state index is 0.0661. The van der Waals surface area contributed by atoms with E-state index in [1.165, 1.54) is 32.2 Å². The highest BCUT2D eigenvalue weighted by atomic mass is 16.5. The lowest BCUT2D eigenvalue weighted by Crippen LogP contribution is -2.80. The molecule has 0 aromatic carbocycles. The summed E-state index contributed by atoms with van der Waals surface area (Å²) in [7, 11) is 0. The van der Waals surface area contributed by atoms with E-state index < -0.39 is 0 Å². The van der Waals surface area contributed by atoms with Crippen LogP contribution in [0.25, 0.3) is 0 Å². The Balaban J connectivity index is 1.74. The summed E-state index contributed by atoms with van der Waals surface area (Å²) in [5.74, 6) is 1.38. The Kier molecular flexibility index (Phi) is 3.67. The molecule has 0 aromatic heterocycles. The first-order valence-electron chi connectivity index (χ1n) is 8.51. The van der Waals surface area contributed by atoms with Crippen LogP contribution >= 0.6 is 0 Å². The minimum atomic E-state index is -0.0661. The summed E-state index contributed by atoms with van der Waals surface area (Å²) in [6.07, 6.45) is 5.51. The maximum absolute atomic E-state index is 6.95. The van der Waals surface area contributed by atoms with Gasteiger partial charge in [-0.1, -0.05) is 20.8 Å². The number of likely N-dealkylation sites (tertiary alicyclic amines) is 1. The van der Waals surface area contributed by atoms with Crippen LogP contribution in [0.1, 0.15) is 53.4 Å². The van der Waals surface area contributed by atoms with Crippen molar-refractivity contribution in [2.45, 2.75) is 71.1 Å². The van der Waals surface area contributed by atoms with Gasteiger partial charge in [0.1, 0.15) is 0 Å². The summed E-state index contributed by atoms with van der Waals surface area (Å²) in [5, 5.41) is 0. The lowest BCUT2D eigenvalue weighted by Gasteiger charge is -2.68. The van der Waals surface area contributed by atoms with Crippen LogP contribution in [0, 0.1) is 17.3 Å². The molecule has 2 saturated heterocycles. The maximum Gasteiger partial charge on any atom is 0.0690 e. The van der Waals surface area contributed by atoms with E-state index in [-0.39, 0.29) is 11.0 Å². The zero-order valence-electron chi connectivity index (χ0n) is 13.7. The fourth-order valence-electron chi connectivity index (χ4n) is 4.92. The molecule has 3 rings (SSSR count). The van der Waals surface area contributed by atoms with Crippen molar-refractivity contribution in [2.75, 3.05) is 19.7 Å². The fourth-order valence-corrected chi connectivity index (χ4v) is 4.92. The van der Waals surface area contributed by atoms with E-state index in [1.807, 2.05) is 0 Å². The highest BCUT2D eigenvalue weighted by Gasteiger charge is 2.66. The molecule has 20 heavy (non-hydrogen) atoms. The average molecular weight is 280 g/mol. The monoisotopic (exact) mass is 280 g/mol. The van der Waals surface area contributed by atoms with Gasteiger partial charge in [0.2, 0.25) is 0 Å².